The highest BCUT2D eigenvalue weighted by molar-refractivity contribution is 5.95. The molecule has 6 aromatic rings. The predicted molar refractivity (Wildman–Crippen MR) is 378 cm³/mol. The Morgan fingerprint density at radius 3 is 2.00 bits per heavy atom. The molecule has 548 valence electrons. The number of fused-ring (bicyclic) bond motifs is 2. The van der Waals surface area contributed by atoms with Gasteiger partial charge in [-0.1, -0.05) is 103 Å². The van der Waals surface area contributed by atoms with E-state index in [1.165, 1.54) is 29.2 Å². The number of hydrogen-bond donors (Lipinski definition) is 3. The normalized spacial score (nSPS) is 17.6. The third-order valence-corrected chi connectivity index (χ3v) is 19.6. The fraction of sp³-hybridized carbons (Fsp3) is 0.446. The number of benzene rings is 6. The molecule has 3 heterocycles. The van der Waals surface area contributed by atoms with Crippen LogP contribution in [0, 0.1) is 5.82 Å². The largest absolute Gasteiger partial charge is 0.465 e. The van der Waals surface area contributed by atoms with Crippen molar-refractivity contribution < 1.29 is 74.0 Å². The number of hydrogen-bond acceptors (Lipinski definition) is 11. The molecule has 0 aromatic heterocycles. The molecule has 4 aliphatic rings. The number of rotatable bonds is 27. The number of amides is 5. The molecule has 3 N–H and O–H groups in total. The van der Waals surface area contributed by atoms with E-state index in [0.717, 1.165) is 78.2 Å². The zero-order chi connectivity index (χ0) is 69.6. The minimum Gasteiger partial charge on any atom is -0.465 e. The van der Waals surface area contributed by atoms with E-state index in [2.05, 4.69) is 32.6 Å². The third kappa shape index (κ3) is 20.9. The van der Waals surface area contributed by atoms with Crippen LogP contribution in [0.25, 0.3) is 11.1 Å². The van der Waals surface area contributed by atoms with Crippen LogP contribution in [0.4, 0.5) is 51.7 Å². The molecule has 0 radical (unpaired) electrons. The summed E-state index contributed by atoms with van der Waals surface area (Å²) in [7, 11) is 3.51. The van der Waals surface area contributed by atoms with Gasteiger partial charge in [-0.05, 0) is 154 Å². The lowest BCUT2D eigenvalue weighted by Gasteiger charge is -2.44. The molecule has 6 aromatic carbocycles. The molecule has 3 aliphatic heterocycles. The van der Waals surface area contributed by atoms with E-state index in [-0.39, 0.29) is 93.4 Å². The highest BCUT2D eigenvalue weighted by Gasteiger charge is 2.50. The number of anilines is 2. The first kappa shape index (κ1) is 80.8. The number of unbranched alkanes of at least 4 members (excludes halogenated alkanes) is 2. The molecule has 2 atom stereocenters. The maximum atomic E-state index is 14.2. The maximum absolute atomic E-state index is 14.2. The monoisotopic (exact) mass is 1470 g/mol. The highest BCUT2D eigenvalue weighted by atomic mass is 35.5. The van der Waals surface area contributed by atoms with Crippen LogP contribution in [0.3, 0.4) is 0 Å². The van der Waals surface area contributed by atoms with Crippen molar-refractivity contribution in [2.75, 3.05) is 110 Å². The SMILES string of the molecule is CN(CCN1CCC(N(C(=O)O)c2ccccc2-c2ccccc2)CC1)C(=O)CCCCCNCc1ccc(NC(=O)OCCCN(C)C(=O)CO[C@H]2Cc3ccccc3C23CCN(CC[C@@]2(c4ccc(F)cc4)CN(C(=O)c4cc(C(F)(F)F)cc(C(F)(F)F)c4)CO2)CC3)cc1.Cl.Cl.Cl. The molecule has 3 saturated heterocycles. The second-order valence-corrected chi connectivity index (χ2v) is 26.0. The van der Waals surface area contributed by atoms with Gasteiger partial charge in [0.15, 0.2) is 0 Å². The lowest BCUT2D eigenvalue weighted by atomic mass is 9.72. The van der Waals surface area contributed by atoms with Crippen molar-refractivity contribution in [2.24, 2.45) is 0 Å². The number of alkyl halides is 6. The van der Waals surface area contributed by atoms with Crippen LogP contribution in [0.1, 0.15) is 108 Å². The minimum absolute atomic E-state index is 0. The number of likely N-dealkylation sites (tertiary alicyclic amines) is 2. The van der Waals surface area contributed by atoms with E-state index >= 15 is 0 Å². The van der Waals surface area contributed by atoms with Crippen molar-refractivity contribution in [3.05, 3.63) is 190 Å². The van der Waals surface area contributed by atoms with Gasteiger partial charge in [0.2, 0.25) is 11.8 Å². The number of nitrogens with zero attached hydrogens (tertiary/aromatic N) is 6. The summed E-state index contributed by atoms with van der Waals surface area (Å²) in [5, 5.41) is 16.5. The minimum atomic E-state index is -5.15. The molecule has 1 spiro atoms. The van der Waals surface area contributed by atoms with Crippen molar-refractivity contribution >= 4 is 78.5 Å². The van der Waals surface area contributed by atoms with Gasteiger partial charge in [0.1, 0.15) is 24.8 Å². The average molecular weight is 1470 g/mol. The highest BCUT2D eigenvalue weighted by Crippen LogP contribution is 2.49. The number of piperidine rings is 2. The number of ether oxygens (including phenoxy) is 3. The Bertz CT molecular complexity index is 3670. The average Bonchev–Trinajstić information content (AvgIpc) is 1.60. The lowest BCUT2D eigenvalue weighted by Crippen LogP contribution is -2.50. The van der Waals surface area contributed by atoms with E-state index in [4.69, 9.17) is 14.2 Å². The molecular weight excluding hydrogens is 1380 g/mol. The van der Waals surface area contributed by atoms with Gasteiger partial charge in [-0.2, -0.15) is 26.3 Å². The molecular formula is C74H88Cl3F7N8O9. The van der Waals surface area contributed by atoms with Crippen molar-refractivity contribution in [1.82, 2.24) is 29.8 Å². The number of nitrogens with one attached hydrogen (secondary N) is 2. The quantitative estimate of drug-likeness (QED) is 0.0329. The lowest BCUT2D eigenvalue weighted by molar-refractivity contribution is -0.143. The first-order chi connectivity index (χ1) is 47.0. The molecule has 0 saturated carbocycles. The molecule has 10 rings (SSSR count). The van der Waals surface area contributed by atoms with Gasteiger partial charge in [0.05, 0.1) is 36.1 Å². The predicted octanol–water partition coefficient (Wildman–Crippen LogP) is 14.3. The fourth-order valence-electron chi connectivity index (χ4n) is 14.0. The molecule has 3 fully saturated rings. The molecule has 17 nitrogen and oxygen atoms in total. The number of carbonyl (C=O) groups excluding carboxylic acids is 4. The topological polar surface area (TPSA) is 177 Å². The molecule has 5 amide bonds. The van der Waals surface area contributed by atoms with Crippen LogP contribution in [0.2, 0.25) is 0 Å². The zero-order valence-corrected chi connectivity index (χ0v) is 58.9. The Kier molecular flexibility index (Phi) is 29.2. The summed E-state index contributed by atoms with van der Waals surface area (Å²) >= 11 is 0. The summed E-state index contributed by atoms with van der Waals surface area (Å²) in [6, 6.07) is 39.1. The number of likely N-dealkylation sites (N-methyl/N-ethyl adjacent to an activating group) is 2. The Morgan fingerprint density at radius 2 is 1.33 bits per heavy atom. The fourth-order valence-corrected chi connectivity index (χ4v) is 14.0. The first-order valence-electron chi connectivity index (χ1n) is 33.5. The molecule has 0 bridgehead atoms. The van der Waals surface area contributed by atoms with E-state index in [1.54, 1.807) is 29.0 Å². The van der Waals surface area contributed by atoms with Crippen molar-refractivity contribution in [3.63, 3.8) is 0 Å². The van der Waals surface area contributed by atoms with E-state index < -0.39 is 70.7 Å². The Labute approximate surface area is 603 Å². The summed E-state index contributed by atoms with van der Waals surface area (Å²) in [6.07, 6.45) is -5.16. The molecule has 1 aliphatic carbocycles. The maximum Gasteiger partial charge on any atom is 0.416 e. The van der Waals surface area contributed by atoms with Gasteiger partial charge >= 0.3 is 24.5 Å². The van der Waals surface area contributed by atoms with Crippen LogP contribution in [-0.4, -0.2) is 171 Å². The van der Waals surface area contributed by atoms with Gasteiger partial charge < -0.3 is 49.1 Å². The number of carboxylic acid groups (broad SMARTS) is 1. The Morgan fingerprint density at radius 1 is 0.693 bits per heavy atom. The standard InChI is InChI=1S/C74H85F7N8O9.3ClH/c1-84(35-13-43-96-69(93)83-60-27-21-52(22-28-60)48-82-34-12-4-7-20-66(90)85(2)41-42-86-36-29-61(30-37-86)89(70(94)95)64-19-11-9-17-62(64)53-14-5-3-6-15-53)67(91)49-97-65-46-54-16-8-10-18-63(54)71(65)31-38-87(39-32-71)40-33-72(56-23-25-59(75)26-24-56)50-88(51-98-72)68(92)55-44-57(73(76,77)78)47-58(45-55)74(79,80)81;;;/h3,5-6,8-11,14-19,21-28,44-45,47,61,65,82H,4,7,12-13,20,29-43,46,48-51H2,1-2H3,(H,83,93)(H,94,95);3*1H/t65-,72-;;;/m0.../s1. The van der Waals surface area contributed by atoms with Crippen LogP contribution in [0.15, 0.2) is 146 Å². The van der Waals surface area contributed by atoms with Crippen LogP contribution in [-0.2, 0) is 60.1 Å². The summed E-state index contributed by atoms with van der Waals surface area (Å²) in [4.78, 5) is 76.1. The summed E-state index contributed by atoms with van der Waals surface area (Å²) in [5.41, 5.74) is 1.21. The van der Waals surface area contributed by atoms with Gasteiger partial charge in [-0.15, -0.1) is 37.2 Å². The molecule has 0 unspecified atom stereocenters. The van der Waals surface area contributed by atoms with Gasteiger partial charge in [-0.3, -0.25) is 24.6 Å². The van der Waals surface area contributed by atoms with E-state index in [1.807, 2.05) is 85.9 Å². The number of halogens is 10. The van der Waals surface area contributed by atoms with Crippen LogP contribution >= 0.6 is 37.2 Å². The second kappa shape index (κ2) is 36.5. The van der Waals surface area contributed by atoms with Gasteiger partial charge in [0.25, 0.3) is 5.91 Å². The smallest absolute Gasteiger partial charge is 0.416 e. The van der Waals surface area contributed by atoms with Crippen LogP contribution < -0.4 is 15.5 Å². The van der Waals surface area contributed by atoms with Crippen LogP contribution in [0.5, 0.6) is 0 Å². The van der Waals surface area contributed by atoms with Crippen molar-refractivity contribution in [3.8, 4) is 11.1 Å². The first-order valence-corrected chi connectivity index (χ1v) is 33.5. The zero-order valence-electron chi connectivity index (χ0n) is 56.5. The Balaban J connectivity index is 0.00000477. The van der Waals surface area contributed by atoms with Gasteiger partial charge in [-0.25, -0.2) is 14.0 Å². The summed E-state index contributed by atoms with van der Waals surface area (Å²) in [6.45, 7) is 5.42. The second-order valence-electron chi connectivity index (χ2n) is 26.0. The molecule has 27 heteroatoms. The summed E-state index contributed by atoms with van der Waals surface area (Å²) in [5.74, 6) is -1.74. The van der Waals surface area contributed by atoms with E-state index in [0.29, 0.717) is 113 Å². The van der Waals surface area contributed by atoms with Crippen molar-refractivity contribution in [1.29, 1.82) is 0 Å². The Hall–Kier alpha value is -7.55. The number of carbonyl (C=O) groups is 5. The summed E-state index contributed by atoms with van der Waals surface area (Å²) < 4.78 is 115. The van der Waals surface area contributed by atoms with Crippen molar-refractivity contribution in [2.45, 2.75) is 113 Å². The number of para-hydroxylation sites is 1. The molecule has 101 heavy (non-hydrogen) atoms. The van der Waals surface area contributed by atoms with Gasteiger partial charge in [0, 0.05) is 94.6 Å². The van der Waals surface area contributed by atoms with E-state index in [9.17, 15) is 59.8 Å². The third-order valence-electron chi connectivity index (χ3n) is 19.6.